The van der Waals surface area contributed by atoms with Gasteiger partial charge in [0.2, 0.25) is 0 Å². The molecule has 0 atom stereocenters. The summed E-state index contributed by atoms with van der Waals surface area (Å²) in [5.74, 6) is 1.55. The maximum absolute atomic E-state index is 13.0. The van der Waals surface area contributed by atoms with Crippen molar-refractivity contribution in [3.05, 3.63) is 76.7 Å². The number of aromatic nitrogens is 2. The first-order valence-corrected chi connectivity index (χ1v) is 10.0. The Hall–Kier alpha value is -3.12. The third-order valence-corrected chi connectivity index (χ3v) is 5.27. The van der Waals surface area contributed by atoms with Gasteiger partial charge in [0.15, 0.2) is 0 Å². The van der Waals surface area contributed by atoms with Gasteiger partial charge in [-0.05, 0) is 36.8 Å². The molecule has 0 spiro atoms. The Bertz CT molecular complexity index is 1120. The van der Waals surface area contributed by atoms with E-state index >= 15 is 0 Å². The lowest BCUT2D eigenvalue weighted by Crippen LogP contribution is -2.23. The fourth-order valence-electron chi connectivity index (χ4n) is 3.02. The van der Waals surface area contributed by atoms with Crippen molar-refractivity contribution in [1.82, 2.24) is 9.55 Å². The highest BCUT2D eigenvalue weighted by molar-refractivity contribution is 7.17. The third-order valence-electron chi connectivity index (χ3n) is 4.38. The van der Waals surface area contributed by atoms with Crippen LogP contribution in [0.15, 0.2) is 71.1 Å². The van der Waals surface area contributed by atoms with Gasteiger partial charge in [-0.3, -0.25) is 9.36 Å². The van der Waals surface area contributed by atoms with E-state index in [4.69, 9.17) is 9.47 Å². The molecule has 4 rings (SSSR count). The average molecular weight is 392 g/mol. The van der Waals surface area contributed by atoms with E-state index in [-0.39, 0.29) is 5.56 Å². The molecular weight excluding hydrogens is 372 g/mol. The Morgan fingerprint density at radius 3 is 2.43 bits per heavy atom. The molecule has 0 saturated heterocycles. The molecular formula is C22H20N2O3S. The highest BCUT2D eigenvalue weighted by Gasteiger charge is 2.13. The fraction of sp³-hybridized carbons (Fsp3) is 0.182. The molecule has 28 heavy (non-hydrogen) atoms. The number of nitrogens with zero attached hydrogens (tertiary/aromatic N) is 2. The molecule has 0 bridgehead atoms. The van der Waals surface area contributed by atoms with E-state index in [1.54, 1.807) is 10.9 Å². The van der Waals surface area contributed by atoms with E-state index < -0.39 is 0 Å². The lowest BCUT2D eigenvalue weighted by atomic mass is 10.1. The number of ether oxygens (including phenoxy) is 2. The monoisotopic (exact) mass is 392 g/mol. The van der Waals surface area contributed by atoms with Gasteiger partial charge in [0.1, 0.15) is 22.9 Å². The van der Waals surface area contributed by atoms with Crippen molar-refractivity contribution < 1.29 is 9.47 Å². The molecule has 0 N–H and O–H groups in total. The molecule has 142 valence electrons. The van der Waals surface area contributed by atoms with E-state index in [0.717, 1.165) is 27.5 Å². The van der Waals surface area contributed by atoms with E-state index in [9.17, 15) is 4.79 Å². The SMILES string of the molecule is CCOc1ccc(OCCn2cnc3scc(-c4ccccc4)c3c2=O)cc1. The van der Waals surface area contributed by atoms with Crippen LogP contribution >= 0.6 is 11.3 Å². The van der Waals surface area contributed by atoms with Gasteiger partial charge >= 0.3 is 0 Å². The van der Waals surface area contributed by atoms with Crippen LogP contribution in [0, 0.1) is 0 Å². The second-order valence-corrected chi connectivity index (χ2v) is 7.05. The second kappa shape index (κ2) is 8.27. The van der Waals surface area contributed by atoms with Crippen molar-refractivity contribution in [3.8, 4) is 22.6 Å². The molecule has 6 heteroatoms. The van der Waals surface area contributed by atoms with E-state index in [0.29, 0.717) is 25.1 Å². The molecule has 0 amide bonds. The van der Waals surface area contributed by atoms with E-state index in [1.165, 1.54) is 11.3 Å². The quantitative estimate of drug-likeness (QED) is 0.461. The van der Waals surface area contributed by atoms with Gasteiger partial charge in [-0.2, -0.15) is 0 Å². The summed E-state index contributed by atoms with van der Waals surface area (Å²) in [6.45, 7) is 3.39. The number of rotatable bonds is 7. The zero-order valence-electron chi connectivity index (χ0n) is 15.5. The molecule has 2 aromatic carbocycles. The molecule has 2 heterocycles. The Kier molecular flexibility index (Phi) is 5.39. The van der Waals surface area contributed by atoms with Gasteiger partial charge in [-0.15, -0.1) is 11.3 Å². The summed E-state index contributed by atoms with van der Waals surface area (Å²) in [5.41, 5.74) is 1.91. The van der Waals surface area contributed by atoms with Crippen molar-refractivity contribution in [1.29, 1.82) is 0 Å². The lowest BCUT2D eigenvalue weighted by molar-refractivity contribution is 0.294. The van der Waals surface area contributed by atoms with Crippen molar-refractivity contribution in [2.45, 2.75) is 13.5 Å². The van der Waals surface area contributed by atoms with Crippen LogP contribution in [0.5, 0.6) is 11.5 Å². The van der Waals surface area contributed by atoms with Gasteiger partial charge in [-0.1, -0.05) is 30.3 Å². The van der Waals surface area contributed by atoms with Crippen molar-refractivity contribution in [2.24, 2.45) is 0 Å². The predicted octanol–water partition coefficient (Wildman–Crippen LogP) is 4.60. The largest absolute Gasteiger partial charge is 0.494 e. The van der Waals surface area contributed by atoms with Gasteiger partial charge in [-0.25, -0.2) is 4.98 Å². The summed E-state index contributed by atoms with van der Waals surface area (Å²) >= 11 is 1.49. The average Bonchev–Trinajstić information content (AvgIpc) is 3.17. The van der Waals surface area contributed by atoms with Gasteiger partial charge in [0.25, 0.3) is 5.56 Å². The molecule has 0 unspecified atom stereocenters. The summed E-state index contributed by atoms with van der Waals surface area (Å²) < 4.78 is 12.8. The predicted molar refractivity (Wildman–Crippen MR) is 112 cm³/mol. The minimum absolute atomic E-state index is 0.0413. The Balaban J connectivity index is 1.51. The molecule has 4 aromatic rings. The summed E-state index contributed by atoms with van der Waals surface area (Å²) in [5, 5.41) is 2.66. The first kappa shape index (κ1) is 18.3. The smallest absolute Gasteiger partial charge is 0.262 e. The van der Waals surface area contributed by atoms with Gasteiger partial charge < -0.3 is 9.47 Å². The van der Waals surface area contributed by atoms with Gasteiger partial charge in [0, 0.05) is 10.9 Å². The number of thiophene rings is 1. The number of hydrogen-bond acceptors (Lipinski definition) is 5. The van der Waals surface area contributed by atoms with E-state index in [1.807, 2.05) is 66.9 Å². The van der Waals surface area contributed by atoms with E-state index in [2.05, 4.69) is 4.98 Å². The van der Waals surface area contributed by atoms with Crippen LogP contribution in [0.25, 0.3) is 21.3 Å². The third kappa shape index (κ3) is 3.77. The summed E-state index contributed by atoms with van der Waals surface area (Å²) in [6.07, 6.45) is 1.59. The number of hydrogen-bond donors (Lipinski definition) is 0. The van der Waals surface area contributed by atoms with Crippen LogP contribution in [0.2, 0.25) is 0 Å². The Morgan fingerprint density at radius 1 is 1.00 bits per heavy atom. The number of fused-ring (bicyclic) bond motifs is 1. The second-order valence-electron chi connectivity index (χ2n) is 6.19. The minimum Gasteiger partial charge on any atom is -0.494 e. The summed E-state index contributed by atoms with van der Waals surface area (Å²) in [6, 6.07) is 17.4. The van der Waals surface area contributed by atoms with Crippen LogP contribution in [0.1, 0.15) is 6.92 Å². The minimum atomic E-state index is -0.0413. The van der Waals surface area contributed by atoms with Crippen molar-refractivity contribution >= 4 is 21.6 Å². The van der Waals surface area contributed by atoms with Crippen molar-refractivity contribution in [2.75, 3.05) is 13.2 Å². The normalized spacial score (nSPS) is 10.9. The van der Waals surface area contributed by atoms with Crippen LogP contribution in [0.4, 0.5) is 0 Å². The zero-order valence-corrected chi connectivity index (χ0v) is 16.3. The molecule has 0 radical (unpaired) electrons. The maximum Gasteiger partial charge on any atom is 0.262 e. The topological polar surface area (TPSA) is 53.4 Å². The van der Waals surface area contributed by atoms with Crippen molar-refractivity contribution in [3.63, 3.8) is 0 Å². The van der Waals surface area contributed by atoms with Crippen LogP contribution in [-0.2, 0) is 6.54 Å². The molecule has 0 saturated carbocycles. The summed E-state index contributed by atoms with van der Waals surface area (Å²) in [4.78, 5) is 18.2. The van der Waals surface area contributed by atoms with Crippen LogP contribution in [0.3, 0.4) is 0 Å². The highest BCUT2D eigenvalue weighted by atomic mass is 32.1. The molecule has 0 fully saturated rings. The number of benzene rings is 2. The first-order chi connectivity index (χ1) is 13.8. The molecule has 0 aliphatic carbocycles. The highest BCUT2D eigenvalue weighted by Crippen LogP contribution is 2.30. The van der Waals surface area contributed by atoms with Crippen LogP contribution < -0.4 is 15.0 Å². The molecule has 5 nitrogen and oxygen atoms in total. The standard InChI is InChI=1S/C22H20N2O3S/c1-2-26-17-8-10-18(11-9-17)27-13-12-24-15-23-21-20(22(24)25)19(14-28-21)16-6-4-3-5-7-16/h3-11,14-15H,2,12-13H2,1H3. The first-order valence-electron chi connectivity index (χ1n) is 9.14. The Morgan fingerprint density at radius 2 is 1.71 bits per heavy atom. The fourth-order valence-corrected chi connectivity index (χ4v) is 3.92. The zero-order chi connectivity index (χ0) is 19.3. The molecule has 0 aliphatic rings. The van der Waals surface area contributed by atoms with Crippen LogP contribution in [-0.4, -0.2) is 22.8 Å². The lowest BCUT2D eigenvalue weighted by Gasteiger charge is -2.09. The molecule has 2 aromatic heterocycles. The molecule has 0 aliphatic heterocycles. The van der Waals surface area contributed by atoms with Gasteiger partial charge in [0.05, 0.1) is 24.9 Å². The Labute approximate surface area is 166 Å². The summed E-state index contributed by atoms with van der Waals surface area (Å²) in [7, 11) is 0. The maximum atomic E-state index is 13.0.